The number of carbonyl (C=O) groups excluding carboxylic acids is 2. The van der Waals surface area contributed by atoms with E-state index >= 15 is 0 Å². The highest BCUT2D eigenvalue weighted by Crippen LogP contribution is 2.38. The summed E-state index contributed by atoms with van der Waals surface area (Å²) in [6, 6.07) is 30.4. The smallest absolute Gasteiger partial charge is 0.248 e. The standard InChI is InChI=1S/C44H30N8O2/c45-43(53)29-5-1-3-27(23-29)41-35-11-7-31(49-35)39(25-15-19-47-20-16-25)33-9-13-37(51-33)42(28-4-2-6-30(24-28)44(46)54)38-14-10-34(52-38)40(26-17-21-48-22-18-26)32-8-12-36(41)50-32/h1-24,49,52H,(H2,45,53)(H2,46,54). The third kappa shape index (κ3) is 5.73. The largest absolute Gasteiger partial charge is 0.366 e. The Hall–Kier alpha value is -7.72. The Balaban J connectivity index is 1.47. The molecule has 0 unspecified atom stereocenters. The van der Waals surface area contributed by atoms with Crippen LogP contribution in [0.25, 0.3) is 90.9 Å². The van der Waals surface area contributed by atoms with Crippen molar-refractivity contribution in [3.8, 4) is 44.5 Å². The van der Waals surface area contributed by atoms with Gasteiger partial charge in [0.1, 0.15) is 0 Å². The molecule has 5 aromatic heterocycles. The monoisotopic (exact) mass is 702 g/mol. The van der Waals surface area contributed by atoms with Crippen molar-refractivity contribution >= 4 is 58.2 Å². The maximum Gasteiger partial charge on any atom is 0.248 e. The zero-order valence-electron chi connectivity index (χ0n) is 28.6. The summed E-state index contributed by atoms with van der Waals surface area (Å²) >= 11 is 0. The zero-order valence-corrected chi connectivity index (χ0v) is 28.6. The van der Waals surface area contributed by atoms with Gasteiger partial charge < -0.3 is 21.4 Å². The lowest BCUT2D eigenvalue weighted by Gasteiger charge is -2.07. The first-order valence-electron chi connectivity index (χ1n) is 17.2. The number of rotatable bonds is 6. The Kier molecular flexibility index (Phi) is 7.82. The molecule has 7 heterocycles. The van der Waals surface area contributed by atoms with Crippen LogP contribution in [-0.2, 0) is 0 Å². The van der Waals surface area contributed by atoms with Gasteiger partial charge in [-0.15, -0.1) is 0 Å². The number of nitrogens with one attached hydrogen (secondary N) is 2. The van der Waals surface area contributed by atoms with Crippen molar-refractivity contribution in [2.45, 2.75) is 0 Å². The predicted molar refractivity (Wildman–Crippen MR) is 213 cm³/mol. The topological polar surface area (TPSA) is 169 Å². The Morgan fingerprint density at radius 1 is 0.426 bits per heavy atom. The maximum absolute atomic E-state index is 12.3. The number of nitrogens with zero attached hydrogens (tertiary/aromatic N) is 4. The van der Waals surface area contributed by atoms with E-state index in [1.807, 2.05) is 97.1 Å². The van der Waals surface area contributed by atoms with E-state index in [0.29, 0.717) is 22.5 Å². The summed E-state index contributed by atoms with van der Waals surface area (Å²) in [6.45, 7) is 0. The molecule has 54 heavy (non-hydrogen) atoms. The van der Waals surface area contributed by atoms with Crippen LogP contribution in [0.15, 0.2) is 122 Å². The Labute approximate surface area is 308 Å². The average molecular weight is 703 g/mol. The lowest BCUT2D eigenvalue weighted by Crippen LogP contribution is -2.10. The molecule has 10 nitrogen and oxygen atoms in total. The molecule has 2 amide bonds. The first-order valence-corrected chi connectivity index (χ1v) is 17.2. The molecule has 2 aliphatic rings. The van der Waals surface area contributed by atoms with E-state index in [0.717, 1.165) is 78.0 Å². The second-order valence-electron chi connectivity index (χ2n) is 12.9. The molecule has 0 saturated carbocycles. The van der Waals surface area contributed by atoms with Crippen molar-refractivity contribution in [1.29, 1.82) is 0 Å². The molecule has 10 heteroatoms. The Bertz CT molecular complexity index is 2690. The second kappa shape index (κ2) is 13.1. The van der Waals surface area contributed by atoms with Crippen LogP contribution < -0.4 is 11.5 Å². The summed E-state index contributed by atoms with van der Waals surface area (Å²) in [6.07, 6.45) is 15.0. The van der Waals surface area contributed by atoms with Gasteiger partial charge in [-0.1, -0.05) is 24.3 Å². The quantitative estimate of drug-likeness (QED) is 0.136. The summed E-state index contributed by atoms with van der Waals surface area (Å²) in [5.74, 6) is -1.04. The van der Waals surface area contributed by atoms with Gasteiger partial charge in [-0.2, -0.15) is 0 Å². The van der Waals surface area contributed by atoms with Crippen LogP contribution in [0.2, 0.25) is 0 Å². The molecular weight excluding hydrogens is 673 g/mol. The molecule has 0 aliphatic carbocycles. The van der Waals surface area contributed by atoms with E-state index in [2.05, 4.69) is 19.9 Å². The van der Waals surface area contributed by atoms with Crippen molar-refractivity contribution < 1.29 is 9.59 Å². The highest BCUT2D eigenvalue weighted by atomic mass is 16.1. The van der Waals surface area contributed by atoms with Gasteiger partial charge in [-0.3, -0.25) is 19.6 Å². The van der Waals surface area contributed by atoms with Gasteiger partial charge in [-0.05, 0) is 119 Å². The first-order chi connectivity index (χ1) is 26.4. The lowest BCUT2D eigenvalue weighted by molar-refractivity contribution is 0.0992. The van der Waals surface area contributed by atoms with E-state index < -0.39 is 11.8 Å². The fraction of sp³-hybridized carbons (Fsp3) is 0. The average Bonchev–Trinajstić information content (AvgIpc) is 4.04. The van der Waals surface area contributed by atoms with Gasteiger partial charge >= 0.3 is 0 Å². The van der Waals surface area contributed by atoms with Crippen molar-refractivity contribution in [2.24, 2.45) is 11.5 Å². The summed E-state index contributed by atoms with van der Waals surface area (Å²) < 4.78 is 0. The van der Waals surface area contributed by atoms with Gasteiger partial charge in [-0.25, -0.2) is 9.97 Å². The van der Waals surface area contributed by atoms with E-state index in [1.165, 1.54) is 0 Å². The lowest BCUT2D eigenvalue weighted by atomic mass is 10.0. The number of nitrogens with two attached hydrogens (primary N) is 2. The zero-order chi connectivity index (χ0) is 36.8. The molecule has 8 bridgehead atoms. The molecule has 0 atom stereocenters. The third-order valence-corrected chi connectivity index (χ3v) is 9.56. The van der Waals surface area contributed by atoms with Crippen LogP contribution in [0.3, 0.4) is 0 Å². The number of hydrogen-bond donors (Lipinski definition) is 4. The van der Waals surface area contributed by atoms with Gasteiger partial charge in [0.05, 0.1) is 22.8 Å². The van der Waals surface area contributed by atoms with Gasteiger partial charge in [0.25, 0.3) is 0 Å². The van der Waals surface area contributed by atoms with Crippen molar-refractivity contribution in [3.63, 3.8) is 0 Å². The number of H-pyrrole nitrogens is 2. The number of pyridine rings is 2. The fourth-order valence-electron chi connectivity index (χ4n) is 7.11. The van der Waals surface area contributed by atoms with Crippen molar-refractivity contribution in [2.75, 3.05) is 0 Å². The Morgan fingerprint density at radius 2 is 0.759 bits per heavy atom. The summed E-state index contributed by atoms with van der Waals surface area (Å²) in [7, 11) is 0. The molecule has 0 radical (unpaired) electrons. The summed E-state index contributed by atoms with van der Waals surface area (Å²) in [4.78, 5) is 51.1. The van der Waals surface area contributed by atoms with Crippen molar-refractivity contribution in [1.82, 2.24) is 29.9 Å². The number of amides is 2. The SMILES string of the molecule is NC(=O)c1cccc(-c2c3nc(c(-c4ccncc4)c4ccc([nH]4)c(-c4cccc(C(N)=O)c4)c4nc(c(-c5ccncc5)c5ccc2[nH]5)C=C4)C=C3)c1. The minimum atomic E-state index is -0.520. The van der Waals surface area contributed by atoms with Crippen LogP contribution in [0.5, 0.6) is 0 Å². The number of hydrogen-bond acceptors (Lipinski definition) is 6. The molecule has 7 aromatic rings. The molecule has 2 aromatic carbocycles. The highest BCUT2D eigenvalue weighted by molar-refractivity contribution is 6.02. The molecule has 0 spiro atoms. The van der Waals surface area contributed by atoms with Crippen LogP contribution in [-0.4, -0.2) is 41.7 Å². The number of carbonyl (C=O) groups is 2. The number of primary amides is 2. The van der Waals surface area contributed by atoms with E-state index in [4.69, 9.17) is 21.4 Å². The molecule has 0 fully saturated rings. The minimum Gasteiger partial charge on any atom is -0.366 e. The van der Waals surface area contributed by atoms with Gasteiger partial charge in [0.2, 0.25) is 11.8 Å². The molecular formula is C44H30N8O2. The predicted octanol–water partition coefficient (Wildman–Crippen LogP) is 8.31. The van der Waals surface area contributed by atoms with Crippen LogP contribution in [0, 0.1) is 0 Å². The number of benzene rings is 2. The fourth-order valence-corrected chi connectivity index (χ4v) is 7.11. The van der Waals surface area contributed by atoms with Crippen LogP contribution in [0.4, 0.5) is 0 Å². The normalized spacial score (nSPS) is 11.9. The molecule has 2 aliphatic heterocycles. The summed E-state index contributed by atoms with van der Waals surface area (Å²) in [5, 5.41) is 0. The third-order valence-electron chi connectivity index (χ3n) is 9.56. The number of aromatic amines is 2. The van der Waals surface area contributed by atoms with E-state index in [-0.39, 0.29) is 0 Å². The van der Waals surface area contributed by atoms with E-state index in [9.17, 15) is 9.59 Å². The molecule has 0 saturated heterocycles. The number of fused-ring (bicyclic) bond motifs is 8. The molecule has 258 valence electrons. The van der Waals surface area contributed by atoms with E-state index in [1.54, 1.807) is 49.1 Å². The van der Waals surface area contributed by atoms with Crippen LogP contribution >= 0.6 is 0 Å². The van der Waals surface area contributed by atoms with Crippen LogP contribution in [0.1, 0.15) is 43.5 Å². The number of aromatic nitrogens is 6. The second-order valence-corrected chi connectivity index (χ2v) is 12.9. The first kappa shape index (κ1) is 32.2. The molecule has 9 rings (SSSR count). The molecule has 6 N–H and O–H groups in total. The van der Waals surface area contributed by atoms with Gasteiger partial charge in [0, 0.05) is 80.2 Å². The minimum absolute atomic E-state index is 0.389. The summed E-state index contributed by atoms with van der Waals surface area (Å²) in [5.41, 5.74) is 25.0. The maximum atomic E-state index is 12.3. The van der Waals surface area contributed by atoms with Crippen molar-refractivity contribution in [3.05, 3.63) is 156 Å². The van der Waals surface area contributed by atoms with Gasteiger partial charge in [0.15, 0.2) is 0 Å². The Morgan fingerprint density at radius 3 is 1.09 bits per heavy atom. The highest BCUT2D eigenvalue weighted by Gasteiger charge is 2.19.